The molecule has 2 unspecified atom stereocenters. The Hall–Kier alpha value is -0.740. The fourth-order valence-electron chi connectivity index (χ4n) is 3.59. The van der Waals surface area contributed by atoms with Crippen molar-refractivity contribution in [3.05, 3.63) is 27.7 Å². The number of guanidine groups is 1. The third-order valence-electron chi connectivity index (χ3n) is 4.84. The fraction of sp³-hybridized carbons (Fsp3) is 0.562. The van der Waals surface area contributed by atoms with Gasteiger partial charge < -0.3 is 10.6 Å². The van der Waals surface area contributed by atoms with Crippen molar-refractivity contribution in [3.63, 3.8) is 0 Å². The van der Waals surface area contributed by atoms with Crippen LogP contribution in [0.4, 0.5) is 5.69 Å². The van der Waals surface area contributed by atoms with Gasteiger partial charge in [-0.3, -0.25) is 4.99 Å². The third-order valence-corrected chi connectivity index (χ3v) is 6.06. The van der Waals surface area contributed by atoms with Gasteiger partial charge >= 0.3 is 0 Å². The molecule has 1 saturated carbocycles. The summed E-state index contributed by atoms with van der Waals surface area (Å²) in [6.45, 7) is 3.16. The van der Waals surface area contributed by atoms with E-state index in [1.807, 2.05) is 18.2 Å². The Balaban J connectivity index is 1.96. The molecule has 2 N–H and O–H groups in total. The maximum Gasteiger partial charge on any atom is 0.196 e. The Morgan fingerprint density at radius 3 is 2.95 bits per heavy atom. The second kappa shape index (κ2) is 5.81. The van der Waals surface area contributed by atoms with E-state index in [0.29, 0.717) is 5.96 Å². The Morgan fingerprint density at radius 1 is 1.38 bits per heavy atom. The highest BCUT2D eigenvalue weighted by atomic mass is 79.9. The number of hydrogen-bond acceptors (Lipinski definition) is 3. The number of halogens is 2. The van der Waals surface area contributed by atoms with E-state index < -0.39 is 0 Å². The highest BCUT2D eigenvalue weighted by Crippen LogP contribution is 2.41. The first kappa shape index (κ1) is 15.2. The standard InChI is InChI=1S/C16H21BrClN3/c1-11-3-2-7-16(8-6-11)10-20-15(19)21(16)12-4-5-14(18)13(17)9-12/h4-5,9,11H,2-3,6-8,10H2,1H3,(H2,19,20). The van der Waals surface area contributed by atoms with Gasteiger partial charge in [0.25, 0.3) is 0 Å². The monoisotopic (exact) mass is 369 g/mol. The van der Waals surface area contributed by atoms with Gasteiger partial charge in [0, 0.05) is 10.2 Å². The molecule has 1 aromatic carbocycles. The SMILES string of the molecule is CC1CCCC2(CC1)CN=C(N)N2c1ccc(Cl)c(Br)c1. The summed E-state index contributed by atoms with van der Waals surface area (Å²) in [5.74, 6) is 1.43. The van der Waals surface area contributed by atoms with Crippen molar-refractivity contribution < 1.29 is 0 Å². The van der Waals surface area contributed by atoms with Crippen LogP contribution in [0.15, 0.2) is 27.7 Å². The quantitative estimate of drug-likeness (QED) is 0.786. The maximum atomic E-state index is 6.22. The summed E-state index contributed by atoms with van der Waals surface area (Å²) in [5.41, 5.74) is 7.36. The lowest BCUT2D eigenvalue weighted by Gasteiger charge is -2.39. The third kappa shape index (κ3) is 2.80. The molecular formula is C16H21BrClN3. The molecule has 1 aromatic rings. The predicted octanol–water partition coefficient (Wildman–Crippen LogP) is 4.58. The molecule has 1 spiro atoms. The molecule has 0 bridgehead atoms. The van der Waals surface area contributed by atoms with Crippen LogP contribution in [0.3, 0.4) is 0 Å². The number of rotatable bonds is 1. The van der Waals surface area contributed by atoms with E-state index in [0.717, 1.165) is 40.5 Å². The van der Waals surface area contributed by atoms with Crippen LogP contribution in [0.2, 0.25) is 5.02 Å². The molecule has 1 aliphatic heterocycles. The minimum atomic E-state index is 0.0577. The summed E-state index contributed by atoms with van der Waals surface area (Å²) in [4.78, 5) is 6.80. The molecule has 3 rings (SSSR count). The van der Waals surface area contributed by atoms with Gasteiger partial charge in [-0.1, -0.05) is 31.4 Å². The van der Waals surface area contributed by atoms with Gasteiger partial charge in [-0.2, -0.15) is 0 Å². The number of anilines is 1. The molecule has 0 radical (unpaired) electrons. The summed E-state index contributed by atoms with van der Waals surface area (Å²) in [6.07, 6.45) is 6.10. The summed E-state index contributed by atoms with van der Waals surface area (Å²) < 4.78 is 0.901. The first-order valence-corrected chi connectivity index (χ1v) is 8.74. The van der Waals surface area contributed by atoms with Crippen LogP contribution < -0.4 is 10.6 Å². The molecule has 114 valence electrons. The molecule has 0 amide bonds. The maximum absolute atomic E-state index is 6.22. The molecule has 21 heavy (non-hydrogen) atoms. The summed E-state index contributed by atoms with van der Waals surface area (Å²) in [7, 11) is 0. The summed E-state index contributed by atoms with van der Waals surface area (Å²) in [5, 5.41) is 0.719. The summed E-state index contributed by atoms with van der Waals surface area (Å²) >= 11 is 9.63. The second-order valence-corrected chi connectivity index (χ2v) is 7.63. The normalized spacial score (nSPS) is 29.6. The lowest BCUT2D eigenvalue weighted by Crippen LogP contribution is -2.51. The van der Waals surface area contributed by atoms with Crippen molar-refractivity contribution in [2.45, 2.75) is 44.6 Å². The van der Waals surface area contributed by atoms with E-state index in [4.69, 9.17) is 17.3 Å². The molecule has 1 aliphatic carbocycles. The van der Waals surface area contributed by atoms with Gasteiger partial charge in [0.2, 0.25) is 0 Å². The molecule has 1 heterocycles. The Kier molecular flexibility index (Phi) is 4.19. The molecule has 0 aromatic heterocycles. The number of hydrogen-bond donors (Lipinski definition) is 1. The zero-order valence-electron chi connectivity index (χ0n) is 12.3. The van der Waals surface area contributed by atoms with E-state index in [1.54, 1.807) is 0 Å². The van der Waals surface area contributed by atoms with Crippen LogP contribution >= 0.6 is 27.5 Å². The topological polar surface area (TPSA) is 41.6 Å². The van der Waals surface area contributed by atoms with Gasteiger partial charge in [0.15, 0.2) is 5.96 Å². The van der Waals surface area contributed by atoms with Crippen LogP contribution in [0.1, 0.15) is 39.0 Å². The van der Waals surface area contributed by atoms with Gasteiger partial charge in [-0.25, -0.2) is 0 Å². The minimum Gasteiger partial charge on any atom is -0.369 e. The molecule has 1 fully saturated rings. The van der Waals surface area contributed by atoms with Crippen molar-refractivity contribution >= 4 is 39.2 Å². The van der Waals surface area contributed by atoms with Crippen LogP contribution in [0.25, 0.3) is 0 Å². The lowest BCUT2D eigenvalue weighted by molar-refractivity contribution is 0.392. The number of benzene rings is 1. The second-order valence-electron chi connectivity index (χ2n) is 6.37. The molecule has 2 aliphatic rings. The van der Waals surface area contributed by atoms with Gasteiger partial charge in [0.1, 0.15) is 0 Å². The van der Waals surface area contributed by atoms with Gasteiger partial charge in [-0.15, -0.1) is 0 Å². The lowest BCUT2D eigenvalue weighted by atomic mass is 9.88. The zero-order valence-corrected chi connectivity index (χ0v) is 14.6. The fourth-order valence-corrected chi connectivity index (χ4v) is 4.07. The van der Waals surface area contributed by atoms with E-state index >= 15 is 0 Å². The molecule has 5 heteroatoms. The Bertz CT molecular complexity index is 575. The Labute approximate surface area is 139 Å². The first-order chi connectivity index (χ1) is 10.0. The average molecular weight is 371 g/mol. The van der Waals surface area contributed by atoms with Crippen LogP contribution in [-0.2, 0) is 0 Å². The first-order valence-electron chi connectivity index (χ1n) is 7.57. The number of nitrogens with zero attached hydrogens (tertiary/aromatic N) is 2. The van der Waals surface area contributed by atoms with Crippen LogP contribution in [0, 0.1) is 5.92 Å². The van der Waals surface area contributed by atoms with Gasteiger partial charge in [-0.05, 0) is 59.3 Å². The smallest absolute Gasteiger partial charge is 0.196 e. The minimum absolute atomic E-state index is 0.0577. The molecular weight excluding hydrogens is 350 g/mol. The predicted molar refractivity (Wildman–Crippen MR) is 93.1 cm³/mol. The summed E-state index contributed by atoms with van der Waals surface area (Å²) in [6, 6.07) is 6.00. The highest BCUT2D eigenvalue weighted by molar-refractivity contribution is 9.10. The number of nitrogens with two attached hydrogens (primary N) is 1. The van der Waals surface area contributed by atoms with Crippen molar-refractivity contribution in [3.8, 4) is 0 Å². The Morgan fingerprint density at radius 2 is 2.19 bits per heavy atom. The van der Waals surface area contributed by atoms with Gasteiger partial charge in [0.05, 0.1) is 17.1 Å². The van der Waals surface area contributed by atoms with Crippen molar-refractivity contribution in [1.29, 1.82) is 0 Å². The van der Waals surface area contributed by atoms with E-state index in [-0.39, 0.29) is 5.54 Å². The molecule has 3 nitrogen and oxygen atoms in total. The van der Waals surface area contributed by atoms with E-state index in [9.17, 15) is 0 Å². The van der Waals surface area contributed by atoms with E-state index in [1.165, 1.54) is 19.3 Å². The highest BCUT2D eigenvalue weighted by Gasteiger charge is 2.43. The van der Waals surface area contributed by atoms with Crippen molar-refractivity contribution in [2.24, 2.45) is 16.6 Å². The number of aliphatic imine (C=N–C) groups is 1. The van der Waals surface area contributed by atoms with Crippen LogP contribution in [-0.4, -0.2) is 18.0 Å². The zero-order chi connectivity index (χ0) is 15.0. The average Bonchev–Trinajstić information content (AvgIpc) is 2.65. The molecule has 2 atom stereocenters. The van der Waals surface area contributed by atoms with E-state index in [2.05, 4.69) is 32.7 Å². The van der Waals surface area contributed by atoms with Crippen LogP contribution in [0.5, 0.6) is 0 Å². The molecule has 0 saturated heterocycles. The largest absolute Gasteiger partial charge is 0.369 e. The van der Waals surface area contributed by atoms with Crippen molar-refractivity contribution in [1.82, 2.24) is 0 Å². The van der Waals surface area contributed by atoms with Crippen molar-refractivity contribution in [2.75, 3.05) is 11.4 Å².